The van der Waals surface area contributed by atoms with E-state index in [1.807, 2.05) is 0 Å². The van der Waals surface area contributed by atoms with Gasteiger partial charge in [0.25, 0.3) is 0 Å². The zero-order valence-corrected chi connectivity index (χ0v) is 12.7. The predicted molar refractivity (Wildman–Crippen MR) is 78.4 cm³/mol. The van der Waals surface area contributed by atoms with E-state index in [9.17, 15) is 14.9 Å². The number of nitrogens with zero attached hydrogens (tertiary/aromatic N) is 2. The van der Waals surface area contributed by atoms with Crippen LogP contribution in [0.3, 0.4) is 0 Å². The van der Waals surface area contributed by atoms with Gasteiger partial charge in [-0.15, -0.1) is 0 Å². The fourth-order valence-corrected chi connectivity index (χ4v) is 1.88. The van der Waals surface area contributed by atoms with Crippen molar-refractivity contribution in [3.63, 3.8) is 0 Å². The monoisotopic (exact) mass is 294 g/mol. The lowest BCUT2D eigenvalue weighted by Crippen LogP contribution is -2.09. The first-order valence-corrected chi connectivity index (χ1v) is 6.12. The van der Waals surface area contributed by atoms with Crippen molar-refractivity contribution in [2.45, 2.75) is 6.92 Å². The summed E-state index contributed by atoms with van der Waals surface area (Å²) in [6.07, 6.45) is 3.30. The molecule has 21 heavy (non-hydrogen) atoms. The lowest BCUT2D eigenvalue weighted by molar-refractivity contribution is -0.386. The van der Waals surface area contributed by atoms with Gasteiger partial charge in [-0.05, 0) is 30.8 Å². The molecule has 0 atom stereocenters. The van der Waals surface area contributed by atoms with Gasteiger partial charge in [-0.3, -0.25) is 10.1 Å². The van der Waals surface area contributed by atoms with Crippen molar-refractivity contribution < 1.29 is 19.2 Å². The lowest BCUT2D eigenvalue weighted by Gasteiger charge is -2.12. The zero-order valence-electron chi connectivity index (χ0n) is 12.7. The number of hydrogen-bond acceptors (Lipinski definition) is 6. The Bertz CT molecular complexity index is 594. The van der Waals surface area contributed by atoms with E-state index >= 15 is 0 Å². The maximum absolute atomic E-state index is 11.7. The van der Waals surface area contributed by atoms with Gasteiger partial charge in [0.15, 0.2) is 0 Å². The minimum absolute atomic E-state index is 0.0335. The molecule has 0 saturated carbocycles. The number of nitro groups is 1. The molecular formula is C14H18N2O5. The van der Waals surface area contributed by atoms with E-state index in [4.69, 9.17) is 4.74 Å². The second-order valence-corrected chi connectivity index (χ2v) is 4.56. The highest BCUT2D eigenvalue weighted by Gasteiger charge is 2.28. The van der Waals surface area contributed by atoms with Gasteiger partial charge < -0.3 is 14.4 Å². The first-order chi connectivity index (χ1) is 9.83. The van der Waals surface area contributed by atoms with Gasteiger partial charge in [0.1, 0.15) is 5.56 Å². The molecule has 0 fully saturated rings. The molecule has 1 aromatic rings. The molecule has 0 saturated heterocycles. The highest BCUT2D eigenvalue weighted by Crippen LogP contribution is 2.38. The molecule has 0 radical (unpaired) electrons. The molecule has 1 aromatic carbocycles. The van der Waals surface area contributed by atoms with Gasteiger partial charge in [-0.2, -0.15) is 0 Å². The molecule has 0 unspecified atom stereocenters. The number of nitro benzene ring substituents is 1. The molecule has 0 aliphatic rings. The van der Waals surface area contributed by atoms with Crippen LogP contribution in [0.25, 0.3) is 6.08 Å². The number of hydrogen-bond donors (Lipinski definition) is 0. The number of rotatable bonds is 5. The van der Waals surface area contributed by atoms with Crippen LogP contribution in [0.2, 0.25) is 0 Å². The Labute approximate surface area is 122 Å². The lowest BCUT2D eigenvalue weighted by atomic mass is 10.0. The number of ether oxygens (including phenoxy) is 2. The van der Waals surface area contributed by atoms with Gasteiger partial charge in [0, 0.05) is 14.1 Å². The van der Waals surface area contributed by atoms with Crippen molar-refractivity contribution in [3.05, 3.63) is 39.1 Å². The summed E-state index contributed by atoms with van der Waals surface area (Å²) < 4.78 is 9.71. The highest BCUT2D eigenvalue weighted by atomic mass is 16.6. The molecule has 114 valence electrons. The average Bonchev–Trinajstić information content (AvgIpc) is 2.43. The molecule has 0 heterocycles. The summed E-state index contributed by atoms with van der Waals surface area (Å²) in [6, 6.07) is 1.52. The van der Waals surface area contributed by atoms with Crippen molar-refractivity contribution in [2.75, 3.05) is 28.3 Å². The molecule has 1 rings (SSSR count). The van der Waals surface area contributed by atoms with Crippen molar-refractivity contribution in [3.8, 4) is 5.75 Å². The molecule has 0 aromatic heterocycles. The van der Waals surface area contributed by atoms with E-state index in [1.165, 1.54) is 20.3 Å². The van der Waals surface area contributed by atoms with Crippen LogP contribution in [-0.2, 0) is 4.74 Å². The topological polar surface area (TPSA) is 81.9 Å². The van der Waals surface area contributed by atoms with Gasteiger partial charge in [-0.1, -0.05) is 0 Å². The fourth-order valence-electron chi connectivity index (χ4n) is 1.88. The largest absolute Gasteiger partial charge is 0.490 e. The van der Waals surface area contributed by atoms with E-state index in [0.717, 1.165) is 0 Å². The second-order valence-electron chi connectivity index (χ2n) is 4.56. The van der Waals surface area contributed by atoms with Crippen molar-refractivity contribution in [2.24, 2.45) is 0 Å². The minimum Gasteiger partial charge on any atom is -0.490 e. The molecule has 0 bridgehead atoms. The van der Waals surface area contributed by atoms with Crippen molar-refractivity contribution in [1.82, 2.24) is 4.90 Å². The van der Waals surface area contributed by atoms with Crippen LogP contribution in [-0.4, -0.2) is 44.1 Å². The molecule has 0 spiro atoms. The summed E-state index contributed by atoms with van der Waals surface area (Å²) in [5.41, 5.74) is 0.751. The van der Waals surface area contributed by atoms with E-state index in [2.05, 4.69) is 4.74 Å². The summed E-state index contributed by atoms with van der Waals surface area (Å²) >= 11 is 0. The molecule has 7 nitrogen and oxygen atoms in total. The molecule has 7 heteroatoms. The first kappa shape index (κ1) is 16.5. The maximum atomic E-state index is 11.7. The quantitative estimate of drug-likeness (QED) is 0.470. The smallest absolute Gasteiger partial charge is 0.341 e. The van der Waals surface area contributed by atoms with Gasteiger partial charge >= 0.3 is 11.7 Å². The standard InChI is InChI=1S/C14H18N2O5/c1-9-8-11(14(17)21-5)13(20-4)12(16(18)19)10(9)6-7-15(2)3/h6-8H,1-5H3/b7-6+. The summed E-state index contributed by atoms with van der Waals surface area (Å²) in [5.74, 6) is -0.781. The Morgan fingerprint density at radius 1 is 1.38 bits per heavy atom. The van der Waals surface area contributed by atoms with Gasteiger partial charge in [0.05, 0.1) is 24.7 Å². The van der Waals surface area contributed by atoms with E-state index in [-0.39, 0.29) is 17.0 Å². The summed E-state index contributed by atoms with van der Waals surface area (Å²) in [4.78, 5) is 24.3. The summed E-state index contributed by atoms with van der Waals surface area (Å²) in [5, 5.41) is 11.4. The van der Waals surface area contributed by atoms with Crippen LogP contribution < -0.4 is 4.74 Å². The second kappa shape index (κ2) is 6.74. The molecule has 0 N–H and O–H groups in total. The van der Waals surface area contributed by atoms with Crippen molar-refractivity contribution in [1.29, 1.82) is 0 Å². The third-order valence-corrected chi connectivity index (χ3v) is 2.83. The van der Waals surface area contributed by atoms with Crippen LogP contribution in [0.15, 0.2) is 12.3 Å². The van der Waals surface area contributed by atoms with Crippen LogP contribution in [0.4, 0.5) is 5.69 Å². The van der Waals surface area contributed by atoms with E-state index in [0.29, 0.717) is 11.1 Å². The normalized spacial score (nSPS) is 10.5. The van der Waals surface area contributed by atoms with Crippen LogP contribution >= 0.6 is 0 Å². The summed E-state index contributed by atoms with van der Waals surface area (Å²) in [7, 11) is 6.10. The number of carbonyl (C=O) groups is 1. The molecule has 0 aliphatic heterocycles. The van der Waals surface area contributed by atoms with Gasteiger partial charge in [-0.25, -0.2) is 4.79 Å². The maximum Gasteiger partial charge on any atom is 0.341 e. The average molecular weight is 294 g/mol. The first-order valence-electron chi connectivity index (χ1n) is 6.12. The number of aryl methyl sites for hydroxylation is 1. The third-order valence-electron chi connectivity index (χ3n) is 2.83. The van der Waals surface area contributed by atoms with Crippen LogP contribution in [0, 0.1) is 17.0 Å². The predicted octanol–water partition coefficient (Wildman–Crippen LogP) is 2.23. The Balaban J connectivity index is 3.67. The number of carbonyl (C=O) groups excluding carboxylic acids is 1. The third kappa shape index (κ3) is 3.50. The zero-order chi connectivity index (χ0) is 16.2. The Hall–Kier alpha value is -2.57. The number of benzene rings is 1. The Morgan fingerprint density at radius 2 is 2.00 bits per heavy atom. The van der Waals surface area contributed by atoms with Gasteiger partial charge in [0.2, 0.25) is 5.75 Å². The number of esters is 1. The molecule has 0 aliphatic carbocycles. The van der Waals surface area contributed by atoms with E-state index < -0.39 is 10.9 Å². The summed E-state index contributed by atoms with van der Waals surface area (Å²) in [6.45, 7) is 1.69. The number of methoxy groups -OCH3 is 2. The van der Waals surface area contributed by atoms with E-state index in [1.54, 1.807) is 38.2 Å². The van der Waals surface area contributed by atoms with Crippen LogP contribution in [0.5, 0.6) is 5.75 Å². The molecular weight excluding hydrogens is 276 g/mol. The van der Waals surface area contributed by atoms with Crippen molar-refractivity contribution >= 4 is 17.7 Å². The Kier molecular flexibility index (Phi) is 5.29. The highest BCUT2D eigenvalue weighted by molar-refractivity contribution is 5.95. The minimum atomic E-state index is -0.679. The van der Waals surface area contributed by atoms with Crippen LogP contribution in [0.1, 0.15) is 21.5 Å². The fraction of sp³-hybridized carbons (Fsp3) is 0.357. The molecule has 0 amide bonds. The SMILES string of the molecule is COC(=O)c1cc(C)c(/C=C/N(C)C)c([N+](=O)[O-])c1OC. The Morgan fingerprint density at radius 3 is 2.43 bits per heavy atom.